The minimum atomic E-state index is -0.441. The molecule has 0 aromatic carbocycles. The van der Waals surface area contributed by atoms with Gasteiger partial charge in [0.25, 0.3) is 5.91 Å². The quantitative estimate of drug-likeness (QED) is 0.896. The topological polar surface area (TPSA) is 43.8 Å². The van der Waals surface area contributed by atoms with Gasteiger partial charge in [0.15, 0.2) is 0 Å². The number of thiophene rings is 1. The van der Waals surface area contributed by atoms with E-state index in [9.17, 15) is 9.90 Å². The SMILES string of the molecule is CN(C)[C@@H]1CN(C(=O)c2csc3c2CCCC3)C[C@H]1O. The number of hydrogen-bond acceptors (Lipinski definition) is 4. The van der Waals surface area contributed by atoms with E-state index in [1.54, 1.807) is 11.3 Å². The fraction of sp³-hybridized carbons (Fsp3) is 0.667. The number of nitrogens with zero attached hydrogens (tertiary/aromatic N) is 2. The van der Waals surface area contributed by atoms with Gasteiger partial charge in [-0.1, -0.05) is 0 Å². The molecule has 1 saturated heterocycles. The summed E-state index contributed by atoms with van der Waals surface area (Å²) in [7, 11) is 3.91. The number of β-amino-alcohol motifs (C(OH)–C–C–N with tert-alkyl or cyclic N) is 1. The number of likely N-dealkylation sites (tertiary alicyclic amines) is 1. The Labute approximate surface area is 124 Å². The fourth-order valence-corrected chi connectivity index (χ4v) is 4.41. The summed E-state index contributed by atoms with van der Waals surface area (Å²) in [5.41, 5.74) is 2.16. The Morgan fingerprint density at radius 1 is 1.35 bits per heavy atom. The molecule has 110 valence electrons. The van der Waals surface area contributed by atoms with Crippen LogP contribution >= 0.6 is 11.3 Å². The maximum atomic E-state index is 12.7. The summed E-state index contributed by atoms with van der Waals surface area (Å²) in [5, 5.41) is 12.1. The van der Waals surface area contributed by atoms with Gasteiger partial charge in [-0.3, -0.25) is 4.79 Å². The minimum absolute atomic E-state index is 0.0495. The van der Waals surface area contributed by atoms with Crippen LogP contribution in [0, 0.1) is 0 Å². The third-order valence-corrected chi connectivity index (χ3v) is 5.59. The third kappa shape index (κ3) is 2.38. The molecule has 0 radical (unpaired) electrons. The molecule has 20 heavy (non-hydrogen) atoms. The molecule has 0 spiro atoms. The summed E-state index contributed by atoms with van der Waals surface area (Å²) in [6.07, 6.45) is 4.14. The Bertz CT molecular complexity index is 512. The second kappa shape index (κ2) is 5.47. The first-order valence-electron chi connectivity index (χ1n) is 7.31. The number of carbonyl (C=O) groups is 1. The van der Waals surface area contributed by atoms with Crippen LogP contribution in [0.15, 0.2) is 5.38 Å². The smallest absolute Gasteiger partial charge is 0.255 e. The van der Waals surface area contributed by atoms with Crippen molar-refractivity contribution in [1.29, 1.82) is 0 Å². The summed E-state index contributed by atoms with van der Waals surface area (Å²) in [6, 6.07) is 0.0495. The van der Waals surface area contributed by atoms with Gasteiger partial charge in [0.05, 0.1) is 17.7 Å². The van der Waals surface area contributed by atoms with Gasteiger partial charge >= 0.3 is 0 Å². The zero-order valence-corrected chi connectivity index (χ0v) is 12.9. The van der Waals surface area contributed by atoms with Crippen LogP contribution in [-0.4, -0.2) is 60.1 Å². The van der Waals surface area contributed by atoms with E-state index in [-0.39, 0.29) is 11.9 Å². The van der Waals surface area contributed by atoms with Crippen LogP contribution in [0.2, 0.25) is 0 Å². The predicted molar refractivity (Wildman–Crippen MR) is 80.3 cm³/mol. The second-order valence-corrected chi connectivity index (χ2v) is 7.03. The van der Waals surface area contributed by atoms with Crippen molar-refractivity contribution in [3.05, 3.63) is 21.4 Å². The lowest BCUT2D eigenvalue weighted by molar-refractivity contribution is 0.0763. The Morgan fingerprint density at radius 2 is 2.10 bits per heavy atom. The van der Waals surface area contributed by atoms with Crippen molar-refractivity contribution in [2.75, 3.05) is 27.2 Å². The van der Waals surface area contributed by atoms with Crippen LogP contribution < -0.4 is 0 Å². The first kappa shape index (κ1) is 14.0. The molecular weight excluding hydrogens is 272 g/mol. The Balaban J connectivity index is 1.78. The molecule has 3 rings (SSSR count). The molecule has 0 saturated carbocycles. The molecule has 1 aliphatic heterocycles. The van der Waals surface area contributed by atoms with Crippen molar-refractivity contribution < 1.29 is 9.90 Å². The second-order valence-electron chi connectivity index (χ2n) is 6.07. The lowest BCUT2D eigenvalue weighted by Crippen LogP contribution is -2.38. The van der Waals surface area contributed by atoms with Gasteiger partial charge in [-0.15, -0.1) is 11.3 Å². The number of hydrogen-bond donors (Lipinski definition) is 1. The molecule has 2 atom stereocenters. The number of likely N-dealkylation sites (N-methyl/N-ethyl adjacent to an activating group) is 1. The number of rotatable bonds is 2. The zero-order chi connectivity index (χ0) is 14.3. The highest BCUT2D eigenvalue weighted by Gasteiger charge is 2.36. The van der Waals surface area contributed by atoms with Gasteiger partial charge < -0.3 is 14.9 Å². The first-order valence-corrected chi connectivity index (χ1v) is 8.19. The van der Waals surface area contributed by atoms with Crippen LogP contribution in [0.3, 0.4) is 0 Å². The predicted octanol–water partition coefficient (Wildman–Crippen LogP) is 1.37. The summed E-state index contributed by atoms with van der Waals surface area (Å²) >= 11 is 1.73. The third-order valence-electron chi connectivity index (χ3n) is 4.50. The van der Waals surface area contributed by atoms with E-state index >= 15 is 0 Å². The van der Waals surface area contributed by atoms with Crippen molar-refractivity contribution in [1.82, 2.24) is 9.80 Å². The van der Waals surface area contributed by atoms with Crippen molar-refractivity contribution in [2.45, 2.75) is 37.8 Å². The van der Waals surface area contributed by atoms with Gasteiger partial charge in [-0.25, -0.2) is 0 Å². The molecular formula is C15H22N2O2S. The number of aliphatic hydroxyl groups is 1. The van der Waals surface area contributed by atoms with Gasteiger partial charge in [0.1, 0.15) is 0 Å². The van der Waals surface area contributed by atoms with Crippen LogP contribution in [0.1, 0.15) is 33.6 Å². The molecule has 1 aromatic rings. The van der Waals surface area contributed by atoms with Crippen LogP contribution in [0.4, 0.5) is 0 Å². The van der Waals surface area contributed by atoms with E-state index in [1.807, 2.05) is 29.3 Å². The molecule has 0 bridgehead atoms. The van der Waals surface area contributed by atoms with Gasteiger partial charge in [0, 0.05) is 23.3 Å². The van der Waals surface area contributed by atoms with Crippen LogP contribution in [0.25, 0.3) is 0 Å². The monoisotopic (exact) mass is 294 g/mol. The van der Waals surface area contributed by atoms with Gasteiger partial charge in [-0.05, 0) is 45.3 Å². The van der Waals surface area contributed by atoms with Crippen molar-refractivity contribution >= 4 is 17.2 Å². The fourth-order valence-electron chi connectivity index (χ4n) is 3.29. The summed E-state index contributed by atoms with van der Waals surface area (Å²) < 4.78 is 0. The zero-order valence-electron chi connectivity index (χ0n) is 12.1. The molecule has 1 aliphatic carbocycles. The molecule has 0 unspecified atom stereocenters. The molecule has 4 nitrogen and oxygen atoms in total. The summed E-state index contributed by atoms with van der Waals surface area (Å²) in [4.78, 5) is 17.9. The van der Waals surface area contributed by atoms with Crippen molar-refractivity contribution in [2.24, 2.45) is 0 Å². The average molecular weight is 294 g/mol. The molecule has 2 aliphatic rings. The maximum Gasteiger partial charge on any atom is 0.255 e. The number of aliphatic hydroxyl groups excluding tert-OH is 1. The van der Waals surface area contributed by atoms with E-state index in [1.165, 1.54) is 23.3 Å². The van der Waals surface area contributed by atoms with E-state index in [2.05, 4.69) is 0 Å². The van der Waals surface area contributed by atoms with Gasteiger partial charge in [-0.2, -0.15) is 0 Å². The lowest BCUT2D eigenvalue weighted by Gasteiger charge is -2.21. The largest absolute Gasteiger partial charge is 0.390 e. The average Bonchev–Trinajstić information content (AvgIpc) is 3.01. The first-order chi connectivity index (χ1) is 9.58. The van der Waals surface area contributed by atoms with Crippen LogP contribution in [-0.2, 0) is 12.8 Å². The number of carbonyl (C=O) groups excluding carboxylic acids is 1. The standard InChI is InChI=1S/C15H22N2O2S/c1-16(2)12-7-17(8-13(12)18)15(19)11-9-20-14-6-4-3-5-10(11)14/h9,12-13,18H,3-8H2,1-2H3/t12-,13-/m1/s1. The highest BCUT2D eigenvalue weighted by atomic mass is 32.1. The molecule has 1 aromatic heterocycles. The Hall–Kier alpha value is -0.910. The van der Waals surface area contributed by atoms with E-state index in [0.717, 1.165) is 18.4 Å². The van der Waals surface area contributed by atoms with Gasteiger partial charge in [0.2, 0.25) is 0 Å². The molecule has 1 amide bonds. The minimum Gasteiger partial charge on any atom is -0.390 e. The highest BCUT2D eigenvalue weighted by Crippen LogP contribution is 2.31. The van der Waals surface area contributed by atoms with Crippen molar-refractivity contribution in [3.63, 3.8) is 0 Å². The number of amides is 1. The van der Waals surface area contributed by atoms with Crippen LogP contribution in [0.5, 0.6) is 0 Å². The summed E-state index contributed by atoms with van der Waals surface area (Å²) in [6.45, 7) is 1.07. The molecule has 5 heteroatoms. The van der Waals surface area contributed by atoms with E-state index in [0.29, 0.717) is 13.1 Å². The van der Waals surface area contributed by atoms with Crippen molar-refractivity contribution in [3.8, 4) is 0 Å². The highest BCUT2D eigenvalue weighted by molar-refractivity contribution is 7.10. The van der Waals surface area contributed by atoms with E-state index < -0.39 is 6.10 Å². The Kier molecular flexibility index (Phi) is 3.84. The number of aryl methyl sites for hydroxylation is 1. The number of fused-ring (bicyclic) bond motifs is 1. The molecule has 1 N–H and O–H groups in total. The summed E-state index contributed by atoms with van der Waals surface area (Å²) in [5.74, 6) is 0.104. The Morgan fingerprint density at radius 3 is 2.80 bits per heavy atom. The molecule has 1 fully saturated rings. The normalized spacial score (nSPS) is 26.1. The maximum absolute atomic E-state index is 12.7. The van der Waals surface area contributed by atoms with E-state index in [4.69, 9.17) is 0 Å². The molecule has 2 heterocycles. The lowest BCUT2D eigenvalue weighted by atomic mass is 9.95.